The lowest BCUT2D eigenvalue weighted by Gasteiger charge is -2.30. The van der Waals surface area contributed by atoms with Crippen molar-refractivity contribution in [3.05, 3.63) is 95.1 Å². The predicted molar refractivity (Wildman–Crippen MR) is 121 cm³/mol. The van der Waals surface area contributed by atoms with Crippen LogP contribution >= 0.6 is 0 Å². The molecule has 1 aliphatic carbocycles. The fraction of sp³-hybridized carbons (Fsp3) is 0.269. The summed E-state index contributed by atoms with van der Waals surface area (Å²) in [7, 11) is 1.62. The largest absolute Gasteiger partial charge is 0.495 e. The molecule has 1 aliphatic rings. The molecule has 4 nitrogen and oxygen atoms in total. The van der Waals surface area contributed by atoms with Crippen molar-refractivity contribution >= 4 is 11.6 Å². The van der Waals surface area contributed by atoms with Gasteiger partial charge in [-0.05, 0) is 60.6 Å². The van der Waals surface area contributed by atoms with E-state index in [4.69, 9.17) is 4.74 Å². The van der Waals surface area contributed by atoms with Gasteiger partial charge in [0.15, 0.2) is 0 Å². The van der Waals surface area contributed by atoms with Crippen molar-refractivity contribution in [3.63, 3.8) is 0 Å². The van der Waals surface area contributed by atoms with Gasteiger partial charge < -0.3 is 10.1 Å². The van der Waals surface area contributed by atoms with Gasteiger partial charge in [0.1, 0.15) is 11.8 Å². The molecule has 2 atom stereocenters. The summed E-state index contributed by atoms with van der Waals surface area (Å²) in [6, 6.07) is 23.9. The van der Waals surface area contributed by atoms with Crippen molar-refractivity contribution in [1.29, 1.82) is 0 Å². The topological polar surface area (TPSA) is 50.4 Å². The van der Waals surface area contributed by atoms with Crippen LogP contribution < -0.4 is 15.4 Å². The van der Waals surface area contributed by atoms with Gasteiger partial charge >= 0.3 is 0 Å². The molecular formula is C26H28N2O2. The molecule has 3 aromatic carbocycles. The Labute approximate surface area is 178 Å². The lowest BCUT2D eigenvalue weighted by Crippen LogP contribution is -2.36. The molecule has 0 saturated heterocycles. The first-order valence-corrected chi connectivity index (χ1v) is 10.5. The highest BCUT2D eigenvalue weighted by molar-refractivity contribution is 5.97. The third-order valence-corrected chi connectivity index (χ3v) is 5.75. The van der Waals surface area contributed by atoms with Gasteiger partial charge in [0.05, 0.1) is 12.8 Å². The zero-order chi connectivity index (χ0) is 20.9. The molecule has 0 aliphatic heterocycles. The van der Waals surface area contributed by atoms with Crippen molar-refractivity contribution in [2.45, 2.75) is 38.3 Å². The summed E-state index contributed by atoms with van der Waals surface area (Å²) < 4.78 is 5.45. The quantitative estimate of drug-likeness (QED) is 0.586. The summed E-state index contributed by atoms with van der Waals surface area (Å²) in [6.45, 7) is 2.00. The molecule has 2 N–H and O–H groups in total. The zero-order valence-corrected chi connectivity index (χ0v) is 17.5. The molecule has 154 valence electrons. The van der Waals surface area contributed by atoms with Crippen LogP contribution in [0.4, 0.5) is 5.69 Å². The van der Waals surface area contributed by atoms with Crippen LogP contribution in [0.1, 0.15) is 47.2 Å². The number of hydrogen-bond acceptors (Lipinski definition) is 3. The molecule has 4 heteroatoms. The van der Waals surface area contributed by atoms with E-state index in [9.17, 15) is 4.79 Å². The maximum atomic E-state index is 13.4. The van der Waals surface area contributed by atoms with Gasteiger partial charge in [0, 0.05) is 6.04 Å². The summed E-state index contributed by atoms with van der Waals surface area (Å²) in [6.07, 6.45) is 3.22. The van der Waals surface area contributed by atoms with Gasteiger partial charge in [-0.1, -0.05) is 60.7 Å². The average Bonchev–Trinajstić information content (AvgIpc) is 2.78. The molecule has 30 heavy (non-hydrogen) atoms. The Balaban J connectivity index is 1.63. The summed E-state index contributed by atoms with van der Waals surface area (Å²) >= 11 is 0. The lowest BCUT2D eigenvalue weighted by molar-refractivity contribution is -0.118. The third-order valence-electron chi connectivity index (χ3n) is 5.75. The first-order valence-electron chi connectivity index (χ1n) is 10.5. The van der Waals surface area contributed by atoms with Gasteiger partial charge in [-0.3, -0.25) is 10.1 Å². The van der Waals surface area contributed by atoms with Gasteiger partial charge in [-0.2, -0.15) is 0 Å². The molecule has 0 aromatic heterocycles. The fourth-order valence-electron chi connectivity index (χ4n) is 4.22. The summed E-state index contributed by atoms with van der Waals surface area (Å²) in [5, 5.41) is 6.74. The molecule has 0 radical (unpaired) electrons. The highest BCUT2D eigenvalue weighted by Crippen LogP contribution is 2.33. The molecule has 3 aromatic rings. The first-order chi connectivity index (χ1) is 14.7. The minimum Gasteiger partial charge on any atom is -0.495 e. The van der Waals surface area contributed by atoms with E-state index in [2.05, 4.69) is 34.9 Å². The number of methoxy groups -OCH3 is 1. The monoisotopic (exact) mass is 400 g/mol. The molecule has 0 fully saturated rings. The fourth-order valence-corrected chi connectivity index (χ4v) is 4.22. The number of nitrogens with one attached hydrogen (secondary N) is 2. The van der Waals surface area contributed by atoms with E-state index < -0.39 is 6.04 Å². The average molecular weight is 401 g/mol. The maximum Gasteiger partial charge on any atom is 0.246 e. The zero-order valence-electron chi connectivity index (χ0n) is 17.5. The van der Waals surface area contributed by atoms with Gasteiger partial charge in [-0.25, -0.2) is 0 Å². The number of hydrogen-bond donors (Lipinski definition) is 2. The van der Waals surface area contributed by atoms with Crippen molar-refractivity contribution in [2.24, 2.45) is 0 Å². The van der Waals surface area contributed by atoms with Crippen molar-refractivity contribution < 1.29 is 9.53 Å². The van der Waals surface area contributed by atoms with Crippen molar-refractivity contribution in [1.82, 2.24) is 5.32 Å². The molecule has 0 saturated carbocycles. The van der Waals surface area contributed by atoms with Crippen LogP contribution in [0.5, 0.6) is 5.75 Å². The second-order valence-corrected chi connectivity index (χ2v) is 7.85. The van der Waals surface area contributed by atoms with E-state index >= 15 is 0 Å². The van der Waals surface area contributed by atoms with Gasteiger partial charge in [0.2, 0.25) is 5.91 Å². The Morgan fingerprint density at radius 3 is 2.60 bits per heavy atom. The van der Waals surface area contributed by atoms with Crippen LogP contribution in [0, 0.1) is 6.92 Å². The van der Waals surface area contributed by atoms with Crippen LogP contribution in [0.15, 0.2) is 72.8 Å². The Morgan fingerprint density at radius 2 is 1.80 bits per heavy atom. The van der Waals surface area contributed by atoms with Crippen LogP contribution in [0.2, 0.25) is 0 Å². The smallest absolute Gasteiger partial charge is 0.246 e. The number of carbonyl (C=O) groups is 1. The lowest BCUT2D eigenvalue weighted by atomic mass is 9.87. The molecule has 1 amide bonds. The van der Waals surface area contributed by atoms with Crippen LogP contribution in [-0.4, -0.2) is 13.0 Å². The number of rotatable bonds is 6. The van der Waals surface area contributed by atoms with Crippen LogP contribution in [-0.2, 0) is 11.2 Å². The number of ether oxygens (including phenoxy) is 1. The van der Waals surface area contributed by atoms with E-state index in [1.165, 1.54) is 11.1 Å². The van der Waals surface area contributed by atoms with E-state index in [0.29, 0.717) is 11.4 Å². The Hall–Kier alpha value is -3.11. The van der Waals surface area contributed by atoms with E-state index in [1.807, 2.05) is 55.5 Å². The molecular weight excluding hydrogens is 372 g/mol. The maximum absolute atomic E-state index is 13.4. The standard InChI is InChI=1S/C26H28N2O2/c1-18-15-16-24(30-2)23(17-18)28-26(29)25(20-10-4-3-5-11-20)27-22-14-8-12-19-9-6-7-13-21(19)22/h3-7,9-11,13,15-17,22,25,27H,8,12,14H2,1-2H3,(H,28,29)/t22-,25+/m0/s1. The minimum atomic E-state index is -0.465. The van der Waals surface area contributed by atoms with E-state index in [0.717, 1.165) is 30.4 Å². The Kier molecular flexibility index (Phi) is 6.15. The SMILES string of the molecule is COc1ccc(C)cc1NC(=O)[C@H](N[C@H]1CCCc2ccccc21)c1ccccc1. The first kappa shape index (κ1) is 20.2. The third kappa shape index (κ3) is 4.39. The Bertz CT molecular complexity index is 1020. The molecule has 0 spiro atoms. The molecule has 4 rings (SSSR count). The molecule has 0 heterocycles. The number of benzene rings is 3. The number of anilines is 1. The van der Waals surface area contributed by atoms with Crippen molar-refractivity contribution in [2.75, 3.05) is 12.4 Å². The minimum absolute atomic E-state index is 0.0897. The Morgan fingerprint density at radius 1 is 1.03 bits per heavy atom. The summed E-state index contributed by atoms with van der Waals surface area (Å²) in [5.41, 5.74) is 5.37. The number of fused-ring (bicyclic) bond motifs is 1. The van der Waals surface area contributed by atoms with Crippen LogP contribution in [0.3, 0.4) is 0 Å². The summed E-state index contributed by atoms with van der Waals surface area (Å²) in [5.74, 6) is 0.567. The van der Waals surface area contributed by atoms with E-state index in [1.54, 1.807) is 7.11 Å². The second-order valence-electron chi connectivity index (χ2n) is 7.85. The van der Waals surface area contributed by atoms with Crippen LogP contribution in [0.25, 0.3) is 0 Å². The van der Waals surface area contributed by atoms with Gasteiger partial charge in [0.25, 0.3) is 0 Å². The highest BCUT2D eigenvalue weighted by atomic mass is 16.5. The molecule has 0 bridgehead atoms. The van der Waals surface area contributed by atoms with Gasteiger partial charge in [-0.15, -0.1) is 0 Å². The second kappa shape index (κ2) is 9.14. The summed E-state index contributed by atoms with van der Waals surface area (Å²) in [4.78, 5) is 13.4. The highest BCUT2D eigenvalue weighted by Gasteiger charge is 2.28. The van der Waals surface area contributed by atoms with E-state index in [-0.39, 0.29) is 11.9 Å². The number of aryl methyl sites for hydroxylation is 2. The normalized spacial score (nSPS) is 16.4. The molecule has 0 unspecified atom stereocenters. The predicted octanol–water partition coefficient (Wildman–Crippen LogP) is 5.35. The number of amides is 1. The number of carbonyl (C=O) groups excluding carboxylic acids is 1. The van der Waals surface area contributed by atoms with Crippen molar-refractivity contribution in [3.8, 4) is 5.75 Å².